The zero-order chi connectivity index (χ0) is 10.1. The molecule has 6 nitrogen and oxygen atoms in total. The molecule has 1 fully saturated rings. The summed E-state index contributed by atoms with van der Waals surface area (Å²) in [5.41, 5.74) is 10.9. The second-order valence-corrected chi connectivity index (χ2v) is 3.57. The van der Waals surface area contributed by atoms with Crippen LogP contribution in [0.1, 0.15) is 42.2 Å². The number of nitrogens with two attached hydrogens (primary N) is 2. The van der Waals surface area contributed by atoms with Crippen LogP contribution in [0.3, 0.4) is 0 Å². The number of carbonyl (C=O) groups excluding carboxylic acids is 1. The minimum absolute atomic E-state index is 0.0805. The van der Waals surface area contributed by atoms with Crippen molar-refractivity contribution >= 4 is 11.7 Å². The summed E-state index contributed by atoms with van der Waals surface area (Å²) < 4.78 is 1.62. The van der Waals surface area contributed by atoms with Gasteiger partial charge in [-0.3, -0.25) is 4.79 Å². The topological polar surface area (TPSA) is 99.8 Å². The second-order valence-electron chi connectivity index (χ2n) is 3.57. The Morgan fingerprint density at radius 2 is 2.07 bits per heavy atom. The highest BCUT2D eigenvalue weighted by Crippen LogP contribution is 2.30. The lowest BCUT2D eigenvalue weighted by Gasteiger charge is -2.09. The fraction of sp³-hybridized carbons (Fsp3) is 0.625. The lowest BCUT2D eigenvalue weighted by Crippen LogP contribution is -2.15. The summed E-state index contributed by atoms with van der Waals surface area (Å²) in [4.78, 5) is 10.9. The van der Waals surface area contributed by atoms with Crippen LogP contribution in [0, 0.1) is 0 Å². The van der Waals surface area contributed by atoms with Gasteiger partial charge in [0.25, 0.3) is 5.91 Å². The third kappa shape index (κ3) is 1.32. The summed E-state index contributed by atoms with van der Waals surface area (Å²) in [5.74, 6) is -0.323. The molecule has 0 unspecified atom stereocenters. The third-order valence-electron chi connectivity index (χ3n) is 2.63. The van der Waals surface area contributed by atoms with Gasteiger partial charge in [-0.05, 0) is 12.8 Å². The van der Waals surface area contributed by atoms with Crippen molar-refractivity contribution in [2.24, 2.45) is 5.73 Å². The molecule has 0 radical (unpaired) electrons. The van der Waals surface area contributed by atoms with Crippen molar-refractivity contribution in [3.8, 4) is 0 Å². The molecule has 1 aromatic rings. The second kappa shape index (κ2) is 3.28. The van der Waals surface area contributed by atoms with Crippen LogP contribution in [-0.4, -0.2) is 20.9 Å². The molecule has 1 aliphatic rings. The number of nitrogens with zero attached hydrogens (tertiary/aromatic N) is 3. The molecule has 76 valence electrons. The molecule has 0 spiro atoms. The first-order chi connectivity index (χ1) is 6.70. The molecular formula is C8H13N5O. The van der Waals surface area contributed by atoms with Gasteiger partial charge >= 0.3 is 0 Å². The first kappa shape index (κ1) is 8.98. The Labute approximate surface area is 81.3 Å². The Balaban J connectivity index is 2.30. The van der Waals surface area contributed by atoms with E-state index in [1.165, 1.54) is 12.8 Å². The van der Waals surface area contributed by atoms with Gasteiger partial charge < -0.3 is 11.5 Å². The van der Waals surface area contributed by atoms with Crippen molar-refractivity contribution in [2.45, 2.75) is 31.7 Å². The number of rotatable bonds is 2. The Kier molecular flexibility index (Phi) is 2.11. The Morgan fingerprint density at radius 3 is 2.57 bits per heavy atom. The van der Waals surface area contributed by atoms with Crippen molar-refractivity contribution in [3.05, 3.63) is 5.69 Å². The van der Waals surface area contributed by atoms with Crippen molar-refractivity contribution in [1.82, 2.24) is 15.0 Å². The van der Waals surface area contributed by atoms with E-state index in [0.29, 0.717) is 5.82 Å². The highest BCUT2D eigenvalue weighted by atomic mass is 16.1. The molecule has 1 saturated carbocycles. The van der Waals surface area contributed by atoms with E-state index in [-0.39, 0.29) is 11.7 Å². The summed E-state index contributed by atoms with van der Waals surface area (Å²) >= 11 is 0. The molecular weight excluding hydrogens is 182 g/mol. The molecule has 1 heterocycles. The predicted molar refractivity (Wildman–Crippen MR) is 50.5 cm³/mol. The fourth-order valence-corrected chi connectivity index (χ4v) is 1.89. The molecule has 6 heteroatoms. The Hall–Kier alpha value is -1.59. The van der Waals surface area contributed by atoms with E-state index >= 15 is 0 Å². The van der Waals surface area contributed by atoms with Crippen molar-refractivity contribution < 1.29 is 4.79 Å². The molecule has 14 heavy (non-hydrogen) atoms. The van der Waals surface area contributed by atoms with Gasteiger partial charge in [0.05, 0.1) is 6.04 Å². The van der Waals surface area contributed by atoms with E-state index in [1.807, 2.05) is 0 Å². The van der Waals surface area contributed by atoms with Crippen LogP contribution in [0.2, 0.25) is 0 Å². The summed E-state index contributed by atoms with van der Waals surface area (Å²) in [6, 6.07) is 0.288. The highest BCUT2D eigenvalue weighted by molar-refractivity contribution is 5.94. The quantitative estimate of drug-likeness (QED) is 0.697. The van der Waals surface area contributed by atoms with Gasteiger partial charge in [0.1, 0.15) is 0 Å². The largest absolute Gasteiger partial charge is 0.382 e. The zero-order valence-corrected chi connectivity index (χ0v) is 7.81. The van der Waals surface area contributed by atoms with Crippen molar-refractivity contribution in [1.29, 1.82) is 0 Å². The lowest BCUT2D eigenvalue weighted by molar-refractivity contribution is 0.0996. The summed E-state index contributed by atoms with van der Waals surface area (Å²) in [7, 11) is 0. The van der Waals surface area contributed by atoms with E-state index in [4.69, 9.17) is 11.5 Å². The molecule has 0 aromatic carbocycles. The molecule has 2 rings (SSSR count). The normalized spacial score (nSPS) is 17.4. The SMILES string of the molecule is NC(=O)c1nnn(C2CCCC2)c1N. The number of hydrogen-bond donors (Lipinski definition) is 2. The molecule has 1 amide bonds. The number of carbonyl (C=O) groups is 1. The van der Waals surface area contributed by atoms with Crippen LogP contribution in [0.5, 0.6) is 0 Å². The highest BCUT2D eigenvalue weighted by Gasteiger charge is 2.23. The van der Waals surface area contributed by atoms with Gasteiger partial charge in [0, 0.05) is 0 Å². The van der Waals surface area contributed by atoms with Gasteiger partial charge in [-0.25, -0.2) is 4.68 Å². The lowest BCUT2D eigenvalue weighted by atomic mass is 10.2. The van der Waals surface area contributed by atoms with E-state index in [1.54, 1.807) is 4.68 Å². The molecule has 1 aromatic heterocycles. The summed E-state index contributed by atoms with van der Waals surface area (Å²) in [6.45, 7) is 0. The van der Waals surface area contributed by atoms with Gasteiger partial charge in [-0.15, -0.1) is 5.10 Å². The maximum atomic E-state index is 10.9. The van der Waals surface area contributed by atoms with E-state index in [0.717, 1.165) is 12.8 Å². The minimum atomic E-state index is -0.619. The smallest absolute Gasteiger partial charge is 0.273 e. The molecule has 0 aliphatic heterocycles. The van der Waals surface area contributed by atoms with Crippen LogP contribution in [0.15, 0.2) is 0 Å². The maximum absolute atomic E-state index is 10.9. The van der Waals surface area contributed by atoms with Gasteiger partial charge in [0.2, 0.25) is 0 Å². The van der Waals surface area contributed by atoms with E-state index < -0.39 is 5.91 Å². The van der Waals surface area contributed by atoms with Crippen LogP contribution >= 0.6 is 0 Å². The zero-order valence-electron chi connectivity index (χ0n) is 7.81. The molecule has 1 aliphatic carbocycles. The fourth-order valence-electron chi connectivity index (χ4n) is 1.89. The standard InChI is InChI=1S/C8H13N5O/c9-7-6(8(10)14)11-12-13(7)5-3-1-2-4-5/h5H,1-4,9H2,(H2,10,14). The number of amides is 1. The van der Waals surface area contributed by atoms with Gasteiger partial charge in [-0.1, -0.05) is 18.1 Å². The van der Waals surface area contributed by atoms with E-state index in [9.17, 15) is 4.79 Å². The molecule has 0 atom stereocenters. The first-order valence-corrected chi connectivity index (χ1v) is 4.70. The van der Waals surface area contributed by atoms with Crippen LogP contribution in [0.4, 0.5) is 5.82 Å². The summed E-state index contributed by atoms with van der Waals surface area (Å²) in [5, 5.41) is 7.53. The average molecular weight is 195 g/mol. The number of anilines is 1. The Bertz CT molecular complexity index is 353. The molecule has 0 saturated heterocycles. The average Bonchev–Trinajstić information content (AvgIpc) is 2.71. The van der Waals surface area contributed by atoms with Crippen molar-refractivity contribution in [2.75, 3.05) is 5.73 Å². The third-order valence-corrected chi connectivity index (χ3v) is 2.63. The van der Waals surface area contributed by atoms with Crippen molar-refractivity contribution in [3.63, 3.8) is 0 Å². The van der Waals surface area contributed by atoms with Gasteiger partial charge in [-0.2, -0.15) is 0 Å². The van der Waals surface area contributed by atoms with Crippen LogP contribution in [0.25, 0.3) is 0 Å². The predicted octanol–water partition coefficient (Wildman–Crippen LogP) is 0.0743. The first-order valence-electron chi connectivity index (χ1n) is 4.70. The maximum Gasteiger partial charge on any atom is 0.273 e. The summed E-state index contributed by atoms with van der Waals surface area (Å²) in [6.07, 6.45) is 4.45. The van der Waals surface area contributed by atoms with E-state index in [2.05, 4.69) is 10.3 Å². The number of primary amides is 1. The number of nitrogen functional groups attached to an aromatic ring is 1. The Morgan fingerprint density at radius 1 is 1.43 bits per heavy atom. The number of aromatic nitrogens is 3. The number of hydrogen-bond acceptors (Lipinski definition) is 4. The molecule has 4 N–H and O–H groups in total. The van der Waals surface area contributed by atoms with Crippen LogP contribution in [-0.2, 0) is 0 Å². The monoisotopic (exact) mass is 195 g/mol. The minimum Gasteiger partial charge on any atom is -0.382 e. The molecule has 0 bridgehead atoms. The van der Waals surface area contributed by atoms with Crippen LogP contribution < -0.4 is 11.5 Å². The van der Waals surface area contributed by atoms with Gasteiger partial charge in [0.15, 0.2) is 11.5 Å².